The number of amides is 1. The number of benzene rings is 1. The highest BCUT2D eigenvalue weighted by Gasteiger charge is 2.26. The number of aryl methyl sites for hydroxylation is 1. The van der Waals surface area contributed by atoms with Crippen LogP contribution in [0.25, 0.3) is 0 Å². The number of hydrogen-bond donors (Lipinski definition) is 1. The lowest BCUT2D eigenvalue weighted by molar-refractivity contribution is 0.0995. The Labute approximate surface area is 159 Å². The van der Waals surface area contributed by atoms with E-state index in [0.717, 1.165) is 25.7 Å². The molecule has 7 nitrogen and oxygen atoms in total. The summed E-state index contributed by atoms with van der Waals surface area (Å²) in [6, 6.07) is 6.18. The largest absolute Gasteiger partial charge is 0.495 e. The van der Waals surface area contributed by atoms with Gasteiger partial charge in [-0.15, -0.1) is 0 Å². The monoisotopic (exact) mass is 392 g/mol. The molecule has 1 fully saturated rings. The van der Waals surface area contributed by atoms with Gasteiger partial charge in [0.25, 0.3) is 5.91 Å². The molecule has 3 rings (SSSR count). The van der Waals surface area contributed by atoms with Gasteiger partial charge in [0, 0.05) is 18.7 Å². The van der Waals surface area contributed by atoms with Crippen molar-refractivity contribution < 1.29 is 22.4 Å². The highest BCUT2D eigenvalue weighted by atomic mass is 32.2. The van der Waals surface area contributed by atoms with E-state index in [2.05, 4.69) is 5.32 Å². The van der Waals surface area contributed by atoms with Crippen molar-refractivity contribution in [3.05, 3.63) is 41.9 Å². The molecule has 0 radical (unpaired) electrons. The van der Waals surface area contributed by atoms with Crippen molar-refractivity contribution in [3.63, 3.8) is 0 Å². The fourth-order valence-electron chi connectivity index (χ4n) is 3.16. The van der Waals surface area contributed by atoms with Gasteiger partial charge in [-0.25, -0.2) is 8.42 Å². The summed E-state index contributed by atoms with van der Waals surface area (Å²) < 4.78 is 38.0. The molecule has 0 bridgehead atoms. The molecule has 1 saturated heterocycles. The summed E-state index contributed by atoms with van der Waals surface area (Å²) in [6.07, 6.45) is 5.23. The van der Waals surface area contributed by atoms with Gasteiger partial charge in [0.05, 0.1) is 24.0 Å². The molecule has 0 aliphatic carbocycles. The van der Waals surface area contributed by atoms with Crippen molar-refractivity contribution >= 4 is 21.6 Å². The predicted molar refractivity (Wildman–Crippen MR) is 102 cm³/mol. The normalized spacial score (nSPS) is 15.9. The number of rotatable bonds is 5. The van der Waals surface area contributed by atoms with E-state index in [0.29, 0.717) is 24.4 Å². The number of carbonyl (C=O) groups excluding carboxylic acids is 1. The van der Waals surface area contributed by atoms with E-state index < -0.39 is 15.9 Å². The van der Waals surface area contributed by atoms with Gasteiger partial charge in [0.1, 0.15) is 5.75 Å². The van der Waals surface area contributed by atoms with E-state index in [1.807, 2.05) is 0 Å². The second-order valence-corrected chi connectivity index (χ2v) is 8.51. The maximum absolute atomic E-state index is 13.0. The third kappa shape index (κ3) is 4.17. The Morgan fingerprint density at radius 2 is 1.85 bits per heavy atom. The van der Waals surface area contributed by atoms with Crippen LogP contribution < -0.4 is 10.1 Å². The van der Waals surface area contributed by atoms with Gasteiger partial charge >= 0.3 is 0 Å². The van der Waals surface area contributed by atoms with Gasteiger partial charge in [-0.3, -0.25) is 4.79 Å². The molecule has 1 aliphatic rings. The number of furan rings is 1. The molecule has 146 valence electrons. The van der Waals surface area contributed by atoms with Gasteiger partial charge in [0.15, 0.2) is 5.76 Å². The van der Waals surface area contributed by atoms with E-state index in [-0.39, 0.29) is 16.3 Å². The highest BCUT2D eigenvalue weighted by molar-refractivity contribution is 7.89. The molecule has 0 atom stereocenters. The summed E-state index contributed by atoms with van der Waals surface area (Å²) in [5, 5.41) is 2.69. The number of nitrogens with one attached hydrogen (secondary N) is 1. The fourth-order valence-corrected chi connectivity index (χ4v) is 4.70. The van der Waals surface area contributed by atoms with Crippen molar-refractivity contribution in [2.24, 2.45) is 0 Å². The van der Waals surface area contributed by atoms with Crippen molar-refractivity contribution in [2.45, 2.75) is 37.5 Å². The molecule has 1 aromatic carbocycles. The third-order valence-electron chi connectivity index (χ3n) is 4.69. The molecule has 1 amide bonds. The van der Waals surface area contributed by atoms with Gasteiger partial charge in [0.2, 0.25) is 10.0 Å². The molecule has 27 heavy (non-hydrogen) atoms. The number of anilines is 1. The Bertz CT molecular complexity index is 912. The molecule has 2 aromatic rings. The number of carbonyl (C=O) groups is 1. The van der Waals surface area contributed by atoms with Crippen LogP contribution in [-0.2, 0) is 10.0 Å². The average molecular weight is 392 g/mol. The number of sulfonamides is 1. The van der Waals surface area contributed by atoms with Crippen LogP contribution in [0.4, 0.5) is 5.69 Å². The van der Waals surface area contributed by atoms with Crippen molar-refractivity contribution in [2.75, 3.05) is 25.5 Å². The number of methoxy groups -OCH3 is 1. The average Bonchev–Trinajstić information content (AvgIpc) is 2.91. The second-order valence-electron chi connectivity index (χ2n) is 6.57. The maximum Gasteiger partial charge on any atom is 0.291 e. The first-order valence-electron chi connectivity index (χ1n) is 8.97. The summed E-state index contributed by atoms with van der Waals surface area (Å²) in [5.41, 5.74) is 0.981. The minimum atomic E-state index is -3.63. The summed E-state index contributed by atoms with van der Waals surface area (Å²) in [6.45, 7) is 2.79. The van der Waals surface area contributed by atoms with Crippen LogP contribution in [0.15, 0.2) is 39.8 Å². The first-order chi connectivity index (χ1) is 12.9. The van der Waals surface area contributed by atoms with Crippen molar-refractivity contribution in [1.29, 1.82) is 0 Å². The van der Waals surface area contributed by atoms with Crippen LogP contribution in [0.1, 0.15) is 41.8 Å². The number of nitrogens with zero attached hydrogens (tertiary/aromatic N) is 1. The van der Waals surface area contributed by atoms with E-state index in [1.165, 1.54) is 29.8 Å². The van der Waals surface area contributed by atoms with Crippen LogP contribution in [-0.4, -0.2) is 38.8 Å². The zero-order valence-corrected chi connectivity index (χ0v) is 16.3. The van der Waals surface area contributed by atoms with E-state index in [4.69, 9.17) is 9.15 Å². The minimum absolute atomic E-state index is 0.136. The Morgan fingerprint density at radius 3 is 2.44 bits per heavy atom. The molecule has 1 aliphatic heterocycles. The van der Waals surface area contributed by atoms with Crippen LogP contribution >= 0.6 is 0 Å². The molecular weight excluding hydrogens is 368 g/mol. The van der Waals surface area contributed by atoms with Gasteiger partial charge < -0.3 is 14.5 Å². The lowest BCUT2D eigenvalue weighted by Crippen LogP contribution is -2.32. The molecule has 1 aromatic heterocycles. The van der Waals surface area contributed by atoms with Gasteiger partial charge in [-0.2, -0.15) is 4.31 Å². The standard InChI is InChI=1S/C19H24N2O5S/c1-14-9-12-26-18(14)19(22)20-16-13-15(7-8-17(16)25-2)27(23,24)21-10-5-3-4-6-11-21/h7-9,12-13H,3-6,10-11H2,1-2H3,(H,20,22). The molecule has 1 N–H and O–H groups in total. The summed E-state index contributed by atoms with van der Waals surface area (Å²) in [4.78, 5) is 12.6. The van der Waals surface area contributed by atoms with E-state index >= 15 is 0 Å². The second kappa shape index (κ2) is 8.14. The van der Waals surface area contributed by atoms with Crippen LogP contribution in [0, 0.1) is 6.92 Å². The zero-order chi connectivity index (χ0) is 19.4. The third-order valence-corrected chi connectivity index (χ3v) is 6.58. The Kier molecular flexibility index (Phi) is 5.86. The van der Waals surface area contributed by atoms with Crippen LogP contribution in [0.2, 0.25) is 0 Å². The first-order valence-corrected chi connectivity index (χ1v) is 10.4. The summed E-state index contributed by atoms with van der Waals surface area (Å²) in [5.74, 6) is 0.0975. The molecule has 0 spiro atoms. The van der Waals surface area contributed by atoms with Crippen molar-refractivity contribution in [3.8, 4) is 5.75 Å². The van der Waals surface area contributed by atoms with Crippen LogP contribution in [0.3, 0.4) is 0 Å². The lowest BCUT2D eigenvalue weighted by atomic mass is 10.2. The summed E-state index contributed by atoms with van der Waals surface area (Å²) in [7, 11) is -2.16. The molecule has 8 heteroatoms. The van der Waals surface area contributed by atoms with Crippen molar-refractivity contribution in [1.82, 2.24) is 4.31 Å². The Balaban J connectivity index is 1.91. The fraction of sp³-hybridized carbons (Fsp3) is 0.421. The molecular formula is C19H24N2O5S. The minimum Gasteiger partial charge on any atom is -0.495 e. The topological polar surface area (TPSA) is 88.9 Å². The smallest absolute Gasteiger partial charge is 0.291 e. The molecule has 2 heterocycles. The molecule has 0 saturated carbocycles. The highest BCUT2D eigenvalue weighted by Crippen LogP contribution is 2.30. The quantitative estimate of drug-likeness (QED) is 0.842. The van der Waals surface area contributed by atoms with Gasteiger partial charge in [-0.05, 0) is 44.0 Å². The first kappa shape index (κ1) is 19.4. The predicted octanol–water partition coefficient (Wildman–Crippen LogP) is 3.41. The maximum atomic E-state index is 13.0. The number of ether oxygens (including phenoxy) is 1. The number of hydrogen-bond acceptors (Lipinski definition) is 5. The zero-order valence-electron chi connectivity index (χ0n) is 15.5. The Hall–Kier alpha value is -2.32. The van der Waals surface area contributed by atoms with E-state index in [1.54, 1.807) is 19.1 Å². The molecule has 0 unspecified atom stereocenters. The van der Waals surface area contributed by atoms with Crippen LogP contribution in [0.5, 0.6) is 5.75 Å². The van der Waals surface area contributed by atoms with E-state index in [9.17, 15) is 13.2 Å². The summed E-state index contributed by atoms with van der Waals surface area (Å²) >= 11 is 0. The van der Waals surface area contributed by atoms with Gasteiger partial charge in [-0.1, -0.05) is 12.8 Å². The SMILES string of the molecule is COc1ccc(S(=O)(=O)N2CCCCCC2)cc1NC(=O)c1occc1C. The Morgan fingerprint density at radius 1 is 1.15 bits per heavy atom. The lowest BCUT2D eigenvalue weighted by Gasteiger charge is -2.21.